The minimum absolute atomic E-state index is 0.0943. The monoisotopic (exact) mass is 448 g/mol. The summed E-state index contributed by atoms with van der Waals surface area (Å²) in [6.07, 6.45) is 2.20. The third-order valence-corrected chi connectivity index (χ3v) is 5.37. The van der Waals surface area contributed by atoms with Crippen molar-refractivity contribution in [2.45, 2.75) is 12.8 Å². The summed E-state index contributed by atoms with van der Waals surface area (Å²) in [7, 11) is 0. The number of nitro groups is 1. The van der Waals surface area contributed by atoms with E-state index in [0.29, 0.717) is 42.1 Å². The molecular weight excluding hydrogens is 431 g/mol. The molecule has 0 unspecified atom stereocenters. The zero-order valence-corrected chi connectivity index (χ0v) is 17.3. The fourth-order valence-electron chi connectivity index (χ4n) is 3.20. The van der Waals surface area contributed by atoms with Crippen LogP contribution in [-0.2, 0) is 4.79 Å². The summed E-state index contributed by atoms with van der Waals surface area (Å²) >= 11 is 12.0. The summed E-state index contributed by atoms with van der Waals surface area (Å²) in [6.45, 7) is 0.813. The smallest absolute Gasteiger partial charge is 0.278 e. The average molecular weight is 449 g/mol. The quantitative estimate of drug-likeness (QED) is 0.425. The van der Waals surface area contributed by atoms with Gasteiger partial charge in [-0.2, -0.15) is 5.10 Å². The molecular formula is C20H18Cl2N4O4. The van der Waals surface area contributed by atoms with E-state index in [1.165, 1.54) is 18.3 Å². The number of hydrogen-bond acceptors (Lipinski definition) is 5. The number of carbonyl (C=O) groups is 2. The highest BCUT2D eigenvalue weighted by atomic mass is 35.5. The molecule has 2 aromatic rings. The Morgan fingerprint density at radius 1 is 1.17 bits per heavy atom. The molecule has 1 aliphatic rings. The van der Waals surface area contributed by atoms with E-state index in [1.807, 2.05) is 0 Å². The summed E-state index contributed by atoms with van der Waals surface area (Å²) in [5.74, 6) is -0.802. The van der Waals surface area contributed by atoms with Crippen molar-refractivity contribution in [3.05, 3.63) is 73.8 Å². The first-order chi connectivity index (χ1) is 14.4. The lowest BCUT2D eigenvalue weighted by Gasteiger charge is -2.31. The molecule has 3 rings (SSSR count). The Morgan fingerprint density at radius 2 is 1.87 bits per heavy atom. The average Bonchev–Trinajstić information content (AvgIpc) is 2.73. The van der Waals surface area contributed by atoms with E-state index in [0.717, 1.165) is 0 Å². The van der Waals surface area contributed by atoms with Gasteiger partial charge in [0.15, 0.2) is 0 Å². The van der Waals surface area contributed by atoms with Crippen LogP contribution in [0.2, 0.25) is 10.0 Å². The largest absolute Gasteiger partial charge is 0.339 e. The van der Waals surface area contributed by atoms with Gasteiger partial charge in [-0.15, -0.1) is 0 Å². The number of likely N-dealkylation sites (tertiary alicyclic amines) is 1. The minimum atomic E-state index is -0.511. The lowest BCUT2D eigenvalue weighted by molar-refractivity contribution is -0.385. The fourth-order valence-corrected chi connectivity index (χ4v) is 3.69. The highest BCUT2D eigenvalue weighted by Crippen LogP contribution is 2.25. The van der Waals surface area contributed by atoms with Crippen LogP contribution < -0.4 is 5.43 Å². The number of rotatable bonds is 5. The van der Waals surface area contributed by atoms with Gasteiger partial charge in [0.05, 0.1) is 27.3 Å². The molecule has 1 fully saturated rings. The lowest BCUT2D eigenvalue weighted by Crippen LogP contribution is -2.42. The molecule has 0 bridgehead atoms. The van der Waals surface area contributed by atoms with E-state index < -0.39 is 4.92 Å². The topological polar surface area (TPSA) is 105 Å². The van der Waals surface area contributed by atoms with Gasteiger partial charge < -0.3 is 4.90 Å². The van der Waals surface area contributed by atoms with Crippen LogP contribution in [0.15, 0.2) is 47.6 Å². The molecule has 1 aliphatic heterocycles. The summed E-state index contributed by atoms with van der Waals surface area (Å²) in [4.78, 5) is 37.1. The minimum Gasteiger partial charge on any atom is -0.339 e. The Bertz CT molecular complexity index is 1000. The molecule has 156 valence electrons. The molecule has 0 saturated carbocycles. The SMILES string of the molecule is O=C(N/N=C\c1ccccc1[N+](=O)[O-])C1CCN(C(=O)c2ccc(Cl)cc2Cl)CC1. The van der Waals surface area contributed by atoms with E-state index in [-0.39, 0.29) is 28.4 Å². The van der Waals surface area contributed by atoms with Crippen LogP contribution in [-0.4, -0.2) is 40.9 Å². The van der Waals surface area contributed by atoms with E-state index in [1.54, 1.807) is 35.2 Å². The third-order valence-electron chi connectivity index (χ3n) is 4.83. The molecule has 2 aromatic carbocycles. The van der Waals surface area contributed by atoms with Gasteiger partial charge in [-0.25, -0.2) is 5.43 Å². The van der Waals surface area contributed by atoms with Crippen LogP contribution in [0.3, 0.4) is 0 Å². The van der Waals surface area contributed by atoms with Crippen LogP contribution in [0.4, 0.5) is 5.69 Å². The summed E-state index contributed by atoms with van der Waals surface area (Å²) in [6, 6.07) is 10.8. The highest BCUT2D eigenvalue weighted by Gasteiger charge is 2.28. The molecule has 0 spiro atoms. The molecule has 1 heterocycles. The number of nitro benzene ring substituents is 1. The number of nitrogens with zero attached hydrogens (tertiary/aromatic N) is 3. The Labute approximate surface area is 182 Å². The first kappa shape index (κ1) is 21.7. The van der Waals surface area contributed by atoms with Gasteiger partial charge in [-0.05, 0) is 37.1 Å². The van der Waals surface area contributed by atoms with Gasteiger partial charge in [0.1, 0.15) is 0 Å². The predicted molar refractivity (Wildman–Crippen MR) is 114 cm³/mol. The van der Waals surface area contributed by atoms with Crippen molar-refractivity contribution in [2.24, 2.45) is 11.0 Å². The van der Waals surface area contributed by atoms with Crippen molar-refractivity contribution in [1.29, 1.82) is 0 Å². The summed E-state index contributed by atoms with van der Waals surface area (Å²) < 4.78 is 0. The number of piperidine rings is 1. The number of nitrogens with one attached hydrogen (secondary N) is 1. The second-order valence-electron chi connectivity index (χ2n) is 6.74. The normalized spacial score (nSPS) is 14.7. The predicted octanol–water partition coefficient (Wildman–Crippen LogP) is 3.90. The molecule has 0 aliphatic carbocycles. The Kier molecular flexibility index (Phi) is 7.02. The number of amides is 2. The van der Waals surface area contributed by atoms with Crippen molar-refractivity contribution in [1.82, 2.24) is 10.3 Å². The number of benzene rings is 2. The van der Waals surface area contributed by atoms with Crippen LogP contribution >= 0.6 is 23.2 Å². The molecule has 30 heavy (non-hydrogen) atoms. The lowest BCUT2D eigenvalue weighted by atomic mass is 9.95. The van der Waals surface area contributed by atoms with E-state index >= 15 is 0 Å². The first-order valence-electron chi connectivity index (χ1n) is 9.17. The number of carbonyl (C=O) groups excluding carboxylic acids is 2. The van der Waals surface area contributed by atoms with Gasteiger partial charge in [0, 0.05) is 30.1 Å². The van der Waals surface area contributed by atoms with Crippen LogP contribution in [0.25, 0.3) is 0 Å². The Hall–Kier alpha value is -2.97. The summed E-state index contributed by atoms with van der Waals surface area (Å²) in [5, 5.41) is 15.6. The number of halogens is 2. The molecule has 8 nitrogen and oxygen atoms in total. The van der Waals surface area contributed by atoms with Crippen LogP contribution in [0.5, 0.6) is 0 Å². The molecule has 0 atom stereocenters. The van der Waals surface area contributed by atoms with Gasteiger partial charge in [-0.1, -0.05) is 35.3 Å². The highest BCUT2D eigenvalue weighted by molar-refractivity contribution is 6.36. The van der Waals surface area contributed by atoms with Crippen LogP contribution in [0.1, 0.15) is 28.8 Å². The number of hydrogen-bond donors (Lipinski definition) is 1. The zero-order valence-electron chi connectivity index (χ0n) is 15.8. The van der Waals surface area contributed by atoms with Crippen LogP contribution in [0, 0.1) is 16.0 Å². The van der Waals surface area contributed by atoms with E-state index in [4.69, 9.17) is 23.2 Å². The van der Waals surface area contributed by atoms with Crippen molar-refractivity contribution in [3.63, 3.8) is 0 Å². The second-order valence-corrected chi connectivity index (χ2v) is 7.58. The standard InChI is InChI=1S/C20H18Cl2N4O4/c21-15-5-6-16(17(22)11-15)20(28)25-9-7-13(8-10-25)19(27)24-23-12-14-3-1-2-4-18(14)26(29)30/h1-6,11-13H,7-10H2,(H,24,27)/b23-12-. The molecule has 1 N–H and O–H groups in total. The molecule has 2 amide bonds. The maximum Gasteiger partial charge on any atom is 0.278 e. The maximum atomic E-state index is 12.6. The van der Waals surface area contributed by atoms with E-state index in [9.17, 15) is 19.7 Å². The molecule has 1 saturated heterocycles. The molecule has 0 radical (unpaired) electrons. The van der Waals surface area contributed by atoms with Gasteiger partial charge >= 0.3 is 0 Å². The van der Waals surface area contributed by atoms with Gasteiger partial charge in [0.25, 0.3) is 11.6 Å². The first-order valence-corrected chi connectivity index (χ1v) is 9.93. The number of hydrazone groups is 1. The Morgan fingerprint density at radius 3 is 2.53 bits per heavy atom. The fraction of sp³-hybridized carbons (Fsp3) is 0.250. The molecule has 0 aromatic heterocycles. The van der Waals surface area contributed by atoms with E-state index in [2.05, 4.69) is 10.5 Å². The maximum absolute atomic E-state index is 12.6. The third kappa shape index (κ3) is 5.14. The van der Waals surface area contributed by atoms with Gasteiger partial charge in [-0.3, -0.25) is 19.7 Å². The van der Waals surface area contributed by atoms with Gasteiger partial charge in [0.2, 0.25) is 5.91 Å². The van der Waals surface area contributed by atoms with Crippen molar-refractivity contribution in [3.8, 4) is 0 Å². The van der Waals surface area contributed by atoms with Crippen molar-refractivity contribution < 1.29 is 14.5 Å². The Balaban J connectivity index is 1.54. The van der Waals surface area contributed by atoms with Crippen molar-refractivity contribution in [2.75, 3.05) is 13.1 Å². The zero-order chi connectivity index (χ0) is 21.7. The second kappa shape index (κ2) is 9.69. The summed E-state index contributed by atoms with van der Waals surface area (Å²) in [5.41, 5.74) is 3.00. The van der Waals surface area contributed by atoms with Crippen molar-refractivity contribution >= 4 is 46.9 Å². The molecule has 10 heteroatoms. The number of para-hydroxylation sites is 1.